The summed E-state index contributed by atoms with van der Waals surface area (Å²) in [5, 5.41) is 8.10. The van der Waals surface area contributed by atoms with Crippen molar-refractivity contribution < 1.29 is 0 Å². The lowest BCUT2D eigenvalue weighted by molar-refractivity contribution is 0.201. The van der Waals surface area contributed by atoms with Gasteiger partial charge in [0.05, 0.1) is 24.1 Å². The summed E-state index contributed by atoms with van der Waals surface area (Å²) < 4.78 is 4.08. The Balaban J connectivity index is 1.47. The van der Waals surface area contributed by atoms with Gasteiger partial charge in [-0.1, -0.05) is 13.0 Å². The van der Waals surface area contributed by atoms with Crippen molar-refractivity contribution in [2.45, 2.75) is 44.8 Å². The van der Waals surface area contributed by atoms with Crippen LogP contribution in [0.3, 0.4) is 0 Å². The molecule has 4 rings (SSSR count). The topological polar surface area (TPSA) is 60.0 Å². The van der Waals surface area contributed by atoms with E-state index in [2.05, 4.69) is 50.0 Å². The SMILES string of the molecule is CC1CCC(NCc2ccc3cncn3c2)C(n2cncn2)C1. The Kier molecular flexibility index (Phi) is 3.83. The third-order valence-electron chi connectivity index (χ3n) is 4.89. The van der Waals surface area contributed by atoms with Crippen molar-refractivity contribution >= 4 is 5.52 Å². The molecule has 1 aliphatic carbocycles. The van der Waals surface area contributed by atoms with Crippen LogP contribution in [0.25, 0.3) is 5.52 Å². The molecular formula is C17H22N6. The van der Waals surface area contributed by atoms with E-state index >= 15 is 0 Å². The van der Waals surface area contributed by atoms with E-state index in [0.29, 0.717) is 12.1 Å². The molecule has 1 aliphatic rings. The minimum absolute atomic E-state index is 0.387. The minimum atomic E-state index is 0.387. The second kappa shape index (κ2) is 6.12. The van der Waals surface area contributed by atoms with Gasteiger partial charge in [0.2, 0.25) is 0 Å². The molecule has 3 aromatic rings. The molecule has 6 nitrogen and oxygen atoms in total. The summed E-state index contributed by atoms with van der Waals surface area (Å²) in [7, 11) is 0. The van der Waals surface area contributed by atoms with Crippen molar-refractivity contribution in [1.29, 1.82) is 0 Å². The summed E-state index contributed by atoms with van der Waals surface area (Å²) in [5.41, 5.74) is 2.40. The molecule has 0 spiro atoms. The van der Waals surface area contributed by atoms with E-state index in [1.165, 1.54) is 18.4 Å². The van der Waals surface area contributed by atoms with Gasteiger partial charge >= 0.3 is 0 Å². The highest BCUT2D eigenvalue weighted by Gasteiger charge is 2.30. The zero-order chi connectivity index (χ0) is 15.6. The quantitative estimate of drug-likeness (QED) is 0.804. The summed E-state index contributed by atoms with van der Waals surface area (Å²) in [5.74, 6) is 0.740. The van der Waals surface area contributed by atoms with E-state index in [-0.39, 0.29) is 0 Å². The molecule has 0 bridgehead atoms. The number of rotatable bonds is 4. The van der Waals surface area contributed by atoms with Gasteiger partial charge in [-0.25, -0.2) is 14.6 Å². The Morgan fingerprint density at radius 3 is 3.04 bits per heavy atom. The van der Waals surface area contributed by atoms with E-state index in [1.54, 1.807) is 6.33 Å². The molecule has 6 heteroatoms. The van der Waals surface area contributed by atoms with Crippen LogP contribution in [0.15, 0.2) is 43.5 Å². The maximum absolute atomic E-state index is 4.37. The van der Waals surface area contributed by atoms with Crippen LogP contribution >= 0.6 is 0 Å². The maximum Gasteiger partial charge on any atom is 0.137 e. The average Bonchev–Trinajstić information content (AvgIpc) is 3.24. The summed E-state index contributed by atoms with van der Waals surface area (Å²) in [4.78, 5) is 8.29. The summed E-state index contributed by atoms with van der Waals surface area (Å²) in [6.07, 6.45) is 12.9. The number of nitrogens with zero attached hydrogens (tertiary/aromatic N) is 5. The maximum atomic E-state index is 4.37. The van der Waals surface area contributed by atoms with Crippen molar-refractivity contribution in [3.05, 3.63) is 49.1 Å². The molecule has 0 aliphatic heterocycles. The van der Waals surface area contributed by atoms with E-state index in [9.17, 15) is 0 Å². The lowest BCUT2D eigenvalue weighted by atomic mass is 9.83. The van der Waals surface area contributed by atoms with E-state index in [1.807, 2.05) is 23.5 Å². The summed E-state index contributed by atoms with van der Waals surface area (Å²) in [6, 6.07) is 5.10. The third kappa shape index (κ3) is 2.99. The van der Waals surface area contributed by atoms with Crippen LogP contribution in [0.5, 0.6) is 0 Å². The lowest BCUT2D eigenvalue weighted by Gasteiger charge is -2.35. The van der Waals surface area contributed by atoms with Crippen molar-refractivity contribution in [2.75, 3.05) is 0 Å². The Hall–Kier alpha value is -2.21. The monoisotopic (exact) mass is 310 g/mol. The highest BCUT2D eigenvalue weighted by molar-refractivity contribution is 5.45. The number of hydrogen-bond acceptors (Lipinski definition) is 4. The van der Waals surface area contributed by atoms with Crippen LogP contribution in [0.2, 0.25) is 0 Å². The fraction of sp³-hybridized carbons (Fsp3) is 0.471. The van der Waals surface area contributed by atoms with Crippen LogP contribution in [-0.2, 0) is 6.54 Å². The van der Waals surface area contributed by atoms with Crippen LogP contribution in [0.1, 0.15) is 37.8 Å². The number of aromatic nitrogens is 5. The number of pyridine rings is 1. The molecule has 1 N–H and O–H groups in total. The van der Waals surface area contributed by atoms with E-state index in [0.717, 1.165) is 24.4 Å². The summed E-state index contributed by atoms with van der Waals surface area (Å²) in [6.45, 7) is 3.19. The molecule has 120 valence electrons. The van der Waals surface area contributed by atoms with Crippen molar-refractivity contribution in [2.24, 2.45) is 5.92 Å². The van der Waals surface area contributed by atoms with Crippen molar-refractivity contribution in [1.82, 2.24) is 29.5 Å². The van der Waals surface area contributed by atoms with E-state index < -0.39 is 0 Å². The first-order chi connectivity index (χ1) is 11.3. The molecule has 0 amide bonds. The van der Waals surface area contributed by atoms with Gasteiger partial charge in [0, 0.05) is 18.8 Å². The smallest absolute Gasteiger partial charge is 0.137 e. The Labute approximate surface area is 135 Å². The van der Waals surface area contributed by atoms with Crippen molar-refractivity contribution in [3.63, 3.8) is 0 Å². The Morgan fingerprint density at radius 2 is 2.17 bits per heavy atom. The normalized spacial score (nSPS) is 25.0. The fourth-order valence-electron chi connectivity index (χ4n) is 3.59. The Bertz CT molecular complexity index is 762. The number of hydrogen-bond donors (Lipinski definition) is 1. The van der Waals surface area contributed by atoms with Gasteiger partial charge in [-0.05, 0) is 36.8 Å². The fourth-order valence-corrected chi connectivity index (χ4v) is 3.59. The molecule has 0 radical (unpaired) electrons. The zero-order valence-corrected chi connectivity index (χ0v) is 13.3. The first-order valence-electron chi connectivity index (χ1n) is 8.27. The molecule has 3 atom stereocenters. The van der Waals surface area contributed by atoms with Crippen LogP contribution in [-0.4, -0.2) is 30.2 Å². The molecule has 3 unspecified atom stereocenters. The first kappa shape index (κ1) is 14.4. The van der Waals surface area contributed by atoms with Gasteiger partial charge in [-0.2, -0.15) is 5.10 Å². The minimum Gasteiger partial charge on any atom is -0.308 e. The third-order valence-corrected chi connectivity index (χ3v) is 4.89. The molecule has 0 aromatic carbocycles. The predicted molar refractivity (Wildman–Crippen MR) is 87.9 cm³/mol. The molecule has 1 saturated carbocycles. The van der Waals surface area contributed by atoms with Crippen LogP contribution in [0.4, 0.5) is 0 Å². The van der Waals surface area contributed by atoms with Gasteiger partial charge in [0.25, 0.3) is 0 Å². The van der Waals surface area contributed by atoms with Crippen molar-refractivity contribution in [3.8, 4) is 0 Å². The van der Waals surface area contributed by atoms with Gasteiger partial charge in [0.15, 0.2) is 0 Å². The highest BCUT2D eigenvalue weighted by Crippen LogP contribution is 2.32. The van der Waals surface area contributed by atoms with Crippen LogP contribution < -0.4 is 5.32 Å². The molecule has 1 fully saturated rings. The number of imidazole rings is 1. The molecular weight excluding hydrogens is 288 g/mol. The van der Waals surface area contributed by atoms with E-state index in [4.69, 9.17) is 0 Å². The zero-order valence-electron chi connectivity index (χ0n) is 13.3. The number of nitrogens with one attached hydrogen (secondary N) is 1. The lowest BCUT2D eigenvalue weighted by Crippen LogP contribution is -2.41. The second-order valence-corrected chi connectivity index (χ2v) is 6.61. The van der Waals surface area contributed by atoms with Gasteiger partial charge in [-0.15, -0.1) is 0 Å². The van der Waals surface area contributed by atoms with Gasteiger partial charge in [-0.3, -0.25) is 0 Å². The standard InChI is InChI=1S/C17H22N6/c1-13-2-5-16(17(6-13)23-12-19-10-21-23)20-7-14-3-4-15-8-18-11-22(15)9-14/h3-4,8-13,16-17,20H,2,5-7H2,1H3. The number of fused-ring (bicyclic) bond motifs is 1. The summed E-state index contributed by atoms with van der Waals surface area (Å²) >= 11 is 0. The average molecular weight is 310 g/mol. The molecule has 3 heterocycles. The van der Waals surface area contributed by atoms with Gasteiger partial charge < -0.3 is 9.72 Å². The molecule has 23 heavy (non-hydrogen) atoms. The van der Waals surface area contributed by atoms with Crippen LogP contribution in [0, 0.1) is 5.92 Å². The van der Waals surface area contributed by atoms with Gasteiger partial charge in [0.1, 0.15) is 12.7 Å². The highest BCUT2D eigenvalue weighted by atomic mass is 15.3. The predicted octanol–water partition coefficient (Wildman–Crippen LogP) is 2.45. The second-order valence-electron chi connectivity index (χ2n) is 6.61. The largest absolute Gasteiger partial charge is 0.308 e. The Morgan fingerprint density at radius 1 is 1.22 bits per heavy atom. The first-order valence-corrected chi connectivity index (χ1v) is 8.27. The molecule has 3 aromatic heterocycles. The molecule has 0 saturated heterocycles.